The predicted molar refractivity (Wildman–Crippen MR) is 43.1 cm³/mol. The number of hydrogen-bond donors (Lipinski definition) is 0. The Hall–Kier alpha value is -0.0400. The largest absolute Gasteiger partial charge is 0.378 e. The van der Waals surface area contributed by atoms with Gasteiger partial charge in [0, 0.05) is 6.61 Å². The maximum absolute atomic E-state index is 5.63. The van der Waals surface area contributed by atoms with E-state index in [4.69, 9.17) is 4.74 Å². The Morgan fingerprint density at radius 3 is 2.80 bits per heavy atom. The van der Waals surface area contributed by atoms with Gasteiger partial charge < -0.3 is 4.74 Å². The fraction of sp³-hybridized carbons (Fsp3) is 1.00. The van der Waals surface area contributed by atoms with Gasteiger partial charge in [0.1, 0.15) is 0 Å². The third-order valence-electron chi connectivity index (χ3n) is 2.23. The fourth-order valence-electron chi connectivity index (χ4n) is 1.48. The van der Waals surface area contributed by atoms with Gasteiger partial charge in [0.15, 0.2) is 0 Å². The highest BCUT2D eigenvalue weighted by Gasteiger charge is 2.07. The monoisotopic (exact) mass is 142 g/mol. The van der Waals surface area contributed by atoms with E-state index < -0.39 is 0 Å². The molecule has 0 saturated carbocycles. The van der Waals surface area contributed by atoms with Crippen LogP contribution in [0.15, 0.2) is 0 Å². The van der Waals surface area contributed by atoms with Crippen molar-refractivity contribution in [3.05, 3.63) is 0 Å². The van der Waals surface area contributed by atoms with Crippen LogP contribution in [-0.4, -0.2) is 12.7 Å². The van der Waals surface area contributed by atoms with Crippen molar-refractivity contribution >= 4 is 0 Å². The molecule has 10 heavy (non-hydrogen) atoms. The second kappa shape index (κ2) is 4.73. The van der Waals surface area contributed by atoms with Crippen LogP contribution >= 0.6 is 0 Å². The minimum atomic E-state index is 0.570. The SMILES string of the molecule is CCC1CCCCCCO1. The molecular formula is C9H18O. The van der Waals surface area contributed by atoms with Gasteiger partial charge in [-0.2, -0.15) is 0 Å². The molecule has 1 nitrogen and oxygen atoms in total. The van der Waals surface area contributed by atoms with Crippen LogP contribution in [0.1, 0.15) is 45.4 Å². The lowest BCUT2D eigenvalue weighted by molar-refractivity contribution is 0.0333. The van der Waals surface area contributed by atoms with Gasteiger partial charge in [-0.1, -0.05) is 26.2 Å². The quantitative estimate of drug-likeness (QED) is 0.547. The van der Waals surface area contributed by atoms with E-state index in [0.717, 1.165) is 6.61 Å². The summed E-state index contributed by atoms with van der Waals surface area (Å²) in [5, 5.41) is 0. The van der Waals surface area contributed by atoms with E-state index in [9.17, 15) is 0 Å². The van der Waals surface area contributed by atoms with E-state index in [1.807, 2.05) is 0 Å². The minimum absolute atomic E-state index is 0.570. The molecule has 1 heteroatoms. The molecule has 0 aromatic carbocycles. The van der Waals surface area contributed by atoms with E-state index in [2.05, 4.69) is 6.92 Å². The Balaban J connectivity index is 2.16. The maximum Gasteiger partial charge on any atom is 0.0572 e. The Kier molecular flexibility index (Phi) is 3.81. The smallest absolute Gasteiger partial charge is 0.0572 e. The van der Waals surface area contributed by atoms with Crippen molar-refractivity contribution < 1.29 is 4.74 Å². The van der Waals surface area contributed by atoms with Crippen molar-refractivity contribution in [1.29, 1.82) is 0 Å². The van der Waals surface area contributed by atoms with Gasteiger partial charge >= 0.3 is 0 Å². The minimum Gasteiger partial charge on any atom is -0.378 e. The summed E-state index contributed by atoms with van der Waals surface area (Å²) in [4.78, 5) is 0. The highest BCUT2D eigenvalue weighted by Crippen LogP contribution is 2.14. The van der Waals surface area contributed by atoms with Gasteiger partial charge in [-0.15, -0.1) is 0 Å². The number of ether oxygens (including phenoxy) is 1. The summed E-state index contributed by atoms with van der Waals surface area (Å²) < 4.78 is 5.63. The van der Waals surface area contributed by atoms with Crippen molar-refractivity contribution in [1.82, 2.24) is 0 Å². The van der Waals surface area contributed by atoms with Gasteiger partial charge in [-0.3, -0.25) is 0 Å². The number of rotatable bonds is 1. The molecule has 0 spiro atoms. The molecule has 1 heterocycles. The molecule has 1 rings (SSSR count). The van der Waals surface area contributed by atoms with Crippen LogP contribution in [0.3, 0.4) is 0 Å². The van der Waals surface area contributed by atoms with Crippen molar-refractivity contribution in [3.63, 3.8) is 0 Å². The Morgan fingerprint density at radius 2 is 2.00 bits per heavy atom. The first-order chi connectivity index (χ1) is 4.93. The molecule has 1 fully saturated rings. The van der Waals surface area contributed by atoms with Crippen LogP contribution in [0.25, 0.3) is 0 Å². The van der Waals surface area contributed by atoms with Gasteiger partial charge in [0.25, 0.3) is 0 Å². The van der Waals surface area contributed by atoms with E-state index >= 15 is 0 Å². The zero-order valence-electron chi connectivity index (χ0n) is 6.94. The molecule has 0 N–H and O–H groups in total. The van der Waals surface area contributed by atoms with Crippen molar-refractivity contribution in [3.8, 4) is 0 Å². The molecule has 0 amide bonds. The van der Waals surface area contributed by atoms with Crippen LogP contribution in [0.4, 0.5) is 0 Å². The van der Waals surface area contributed by atoms with Crippen LogP contribution in [-0.2, 0) is 4.74 Å². The van der Waals surface area contributed by atoms with E-state index in [0.29, 0.717) is 6.10 Å². The van der Waals surface area contributed by atoms with Crippen molar-refractivity contribution in [2.24, 2.45) is 0 Å². The number of hydrogen-bond acceptors (Lipinski definition) is 1. The summed E-state index contributed by atoms with van der Waals surface area (Å²) in [5.74, 6) is 0. The molecule has 0 aromatic rings. The average Bonchev–Trinajstić information content (AvgIpc) is 1.87. The van der Waals surface area contributed by atoms with Gasteiger partial charge in [0.2, 0.25) is 0 Å². The van der Waals surface area contributed by atoms with Gasteiger partial charge in [-0.05, 0) is 19.3 Å². The van der Waals surface area contributed by atoms with Crippen LogP contribution in [0.2, 0.25) is 0 Å². The van der Waals surface area contributed by atoms with Gasteiger partial charge in [-0.25, -0.2) is 0 Å². The second-order valence-corrected chi connectivity index (χ2v) is 3.10. The molecule has 1 unspecified atom stereocenters. The Morgan fingerprint density at radius 1 is 1.20 bits per heavy atom. The molecule has 0 bridgehead atoms. The highest BCUT2D eigenvalue weighted by molar-refractivity contribution is 4.59. The summed E-state index contributed by atoms with van der Waals surface area (Å²) in [5.41, 5.74) is 0. The fourth-order valence-corrected chi connectivity index (χ4v) is 1.48. The van der Waals surface area contributed by atoms with Crippen molar-refractivity contribution in [2.45, 2.75) is 51.6 Å². The summed E-state index contributed by atoms with van der Waals surface area (Å²) in [6, 6.07) is 0. The zero-order valence-corrected chi connectivity index (χ0v) is 6.94. The Bertz CT molecular complexity index is 72.8. The van der Waals surface area contributed by atoms with Gasteiger partial charge in [0.05, 0.1) is 6.10 Å². The lowest BCUT2D eigenvalue weighted by Crippen LogP contribution is -2.14. The first-order valence-electron chi connectivity index (χ1n) is 4.55. The first kappa shape index (κ1) is 8.06. The normalized spacial score (nSPS) is 29.1. The molecule has 60 valence electrons. The molecule has 0 aliphatic carbocycles. The van der Waals surface area contributed by atoms with Crippen LogP contribution < -0.4 is 0 Å². The average molecular weight is 142 g/mol. The van der Waals surface area contributed by atoms with Crippen LogP contribution in [0, 0.1) is 0 Å². The first-order valence-corrected chi connectivity index (χ1v) is 4.55. The van der Waals surface area contributed by atoms with E-state index in [1.54, 1.807) is 0 Å². The maximum atomic E-state index is 5.63. The molecule has 0 radical (unpaired) electrons. The summed E-state index contributed by atoms with van der Waals surface area (Å²) in [7, 11) is 0. The van der Waals surface area contributed by atoms with Crippen LogP contribution in [0.5, 0.6) is 0 Å². The molecule has 1 saturated heterocycles. The van der Waals surface area contributed by atoms with E-state index in [-0.39, 0.29) is 0 Å². The predicted octanol–water partition coefficient (Wildman–Crippen LogP) is 2.75. The van der Waals surface area contributed by atoms with E-state index in [1.165, 1.54) is 38.5 Å². The highest BCUT2D eigenvalue weighted by atomic mass is 16.5. The molecule has 0 aromatic heterocycles. The lowest BCUT2D eigenvalue weighted by Gasteiger charge is -2.18. The summed E-state index contributed by atoms with van der Waals surface area (Å²) >= 11 is 0. The molecule has 1 aliphatic rings. The molecule has 1 aliphatic heterocycles. The standard InChI is InChI=1S/C9H18O/c1-2-9-7-5-3-4-6-8-10-9/h9H,2-8H2,1H3. The van der Waals surface area contributed by atoms with Crippen molar-refractivity contribution in [2.75, 3.05) is 6.61 Å². The lowest BCUT2D eigenvalue weighted by atomic mass is 10.1. The molecule has 1 atom stereocenters. The topological polar surface area (TPSA) is 9.23 Å². The summed E-state index contributed by atoms with van der Waals surface area (Å²) in [6.45, 7) is 3.21. The third-order valence-corrected chi connectivity index (χ3v) is 2.23. The second-order valence-electron chi connectivity index (χ2n) is 3.10. The summed E-state index contributed by atoms with van der Waals surface area (Å²) in [6.07, 6.45) is 8.49. The Labute approximate surface area is 63.8 Å². The zero-order chi connectivity index (χ0) is 7.23. The molecular weight excluding hydrogens is 124 g/mol. The third kappa shape index (κ3) is 2.70.